The molecule has 0 heterocycles. The largest absolute Gasteiger partial charge is 0.392 e. The summed E-state index contributed by atoms with van der Waals surface area (Å²) in [4.78, 5) is 35.7. The second kappa shape index (κ2) is 11.9. The van der Waals surface area contributed by atoms with Crippen molar-refractivity contribution in [3.8, 4) is 0 Å². The first-order valence-corrected chi connectivity index (χ1v) is 8.95. The van der Waals surface area contributed by atoms with Crippen LogP contribution in [-0.4, -0.2) is 42.1 Å². The molecule has 1 aromatic carbocycles. The van der Waals surface area contributed by atoms with E-state index in [1.54, 1.807) is 24.3 Å². The lowest BCUT2D eigenvalue weighted by Gasteiger charge is -2.21. The highest BCUT2D eigenvalue weighted by molar-refractivity contribution is 5.97. The van der Waals surface area contributed by atoms with Crippen molar-refractivity contribution >= 4 is 23.5 Å². The van der Waals surface area contributed by atoms with E-state index in [4.69, 9.17) is 16.6 Å². The lowest BCUT2D eigenvalue weighted by molar-refractivity contribution is -0.129. The van der Waals surface area contributed by atoms with E-state index in [2.05, 4.69) is 16.0 Å². The maximum absolute atomic E-state index is 12.6. The van der Waals surface area contributed by atoms with Crippen LogP contribution < -0.4 is 27.4 Å². The number of hydrogen-bond donors (Lipinski definition) is 6. The normalized spacial score (nSPS) is 12.7. The summed E-state index contributed by atoms with van der Waals surface area (Å²) in [6, 6.07) is 5.32. The average Bonchev–Trinajstić information content (AvgIpc) is 2.65. The van der Waals surface area contributed by atoms with Gasteiger partial charge in [-0.05, 0) is 37.0 Å². The molecule has 2 atom stereocenters. The van der Waals surface area contributed by atoms with Crippen LogP contribution >= 0.6 is 0 Å². The van der Waals surface area contributed by atoms with Crippen molar-refractivity contribution in [2.75, 3.05) is 18.4 Å². The molecular weight excluding hydrogens is 350 g/mol. The molecule has 8 N–H and O–H groups in total. The topological polar surface area (TPSA) is 160 Å². The number of anilines is 1. The number of benzene rings is 1. The summed E-state index contributed by atoms with van der Waals surface area (Å²) in [5, 5.41) is 17.0. The quantitative estimate of drug-likeness (QED) is 0.299. The van der Waals surface area contributed by atoms with Gasteiger partial charge < -0.3 is 32.5 Å². The fraction of sp³-hybridized carbons (Fsp3) is 0.500. The van der Waals surface area contributed by atoms with Gasteiger partial charge in [-0.25, -0.2) is 4.79 Å². The number of primary amides is 1. The van der Waals surface area contributed by atoms with Crippen LogP contribution in [0.3, 0.4) is 0 Å². The molecular formula is C18H29N5O4. The number of urea groups is 1. The van der Waals surface area contributed by atoms with Crippen molar-refractivity contribution < 1.29 is 19.5 Å². The first kappa shape index (κ1) is 22.4. The van der Waals surface area contributed by atoms with Gasteiger partial charge in [-0.15, -0.1) is 0 Å². The van der Waals surface area contributed by atoms with Gasteiger partial charge in [0.2, 0.25) is 11.8 Å². The van der Waals surface area contributed by atoms with Gasteiger partial charge in [0.05, 0.1) is 6.61 Å². The zero-order valence-electron chi connectivity index (χ0n) is 15.5. The molecule has 0 aliphatic carbocycles. The Kier molecular flexibility index (Phi) is 9.84. The van der Waals surface area contributed by atoms with Crippen molar-refractivity contribution in [1.82, 2.24) is 10.6 Å². The van der Waals surface area contributed by atoms with E-state index in [-0.39, 0.29) is 30.9 Å². The molecule has 9 nitrogen and oxygen atoms in total. The zero-order valence-corrected chi connectivity index (χ0v) is 15.5. The highest BCUT2D eigenvalue weighted by atomic mass is 16.3. The van der Waals surface area contributed by atoms with Crippen molar-refractivity contribution in [3.05, 3.63) is 29.8 Å². The van der Waals surface area contributed by atoms with Crippen molar-refractivity contribution in [1.29, 1.82) is 0 Å². The molecule has 0 radical (unpaired) electrons. The smallest absolute Gasteiger partial charge is 0.312 e. The molecule has 0 spiro atoms. The number of nitrogens with one attached hydrogen (secondary N) is 3. The number of aliphatic hydroxyl groups excluding tert-OH is 1. The Hall–Kier alpha value is -2.65. The molecule has 9 heteroatoms. The number of nitrogens with two attached hydrogens (primary N) is 2. The second-order valence-corrected chi connectivity index (χ2v) is 6.18. The SMILES string of the molecule is CCC(CN)C(=O)NC(CCCNC(N)=O)C(=O)Nc1ccc(CO)cc1. The Balaban J connectivity index is 2.75. The van der Waals surface area contributed by atoms with Gasteiger partial charge in [0, 0.05) is 24.7 Å². The Morgan fingerprint density at radius 3 is 2.33 bits per heavy atom. The van der Waals surface area contributed by atoms with Crippen LogP contribution in [0.25, 0.3) is 0 Å². The lowest BCUT2D eigenvalue weighted by atomic mass is 10.0. The predicted octanol–water partition coefficient (Wildman–Crippen LogP) is 0.0356. The van der Waals surface area contributed by atoms with E-state index in [1.807, 2.05) is 6.92 Å². The fourth-order valence-corrected chi connectivity index (χ4v) is 2.46. The van der Waals surface area contributed by atoms with Gasteiger partial charge in [0.1, 0.15) is 6.04 Å². The third-order valence-electron chi connectivity index (χ3n) is 4.15. The Bertz CT molecular complexity index is 617. The van der Waals surface area contributed by atoms with Crippen molar-refractivity contribution in [3.63, 3.8) is 0 Å². The molecule has 0 fully saturated rings. The molecule has 150 valence electrons. The minimum absolute atomic E-state index is 0.0860. The first-order valence-electron chi connectivity index (χ1n) is 8.95. The molecule has 2 unspecified atom stereocenters. The first-order chi connectivity index (χ1) is 12.9. The average molecular weight is 379 g/mol. The third-order valence-corrected chi connectivity index (χ3v) is 4.15. The monoisotopic (exact) mass is 379 g/mol. The highest BCUT2D eigenvalue weighted by Crippen LogP contribution is 2.11. The number of carbonyl (C=O) groups is 3. The molecule has 0 aliphatic rings. The summed E-state index contributed by atoms with van der Waals surface area (Å²) in [5.41, 5.74) is 11.9. The van der Waals surface area contributed by atoms with Crippen LogP contribution in [0.4, 0.5) is 10.5 Å². The minimum atomic E-state index is -0.773. The summed E-state index contributed by atoms with van der Waals surface area (Å²) in [7, 11) is 0. The van der Waals surface area contributed by atoms with Gasteiger partial charge in [-0.3, -0.25) is 9.59 Å². The molecule has 0 saturated carbocycles. The zero-order chi connectivity index (χ0) is 20.2. The Labute approximate surface area is 158 Å². The number of aliphatic hydroxyl groups is 1. The van der Waals surface area contributed by atoms with Crippen LogP contribution in [0.15, 0.2) is 24.3 Å². The van der Waals surface area contributed by atoms with Crippen LogP contribution in [-0.2, 0) is 16.2 Å². The summed E-state index contributed by atoms with van der Waals surface area (Å²) in [6.45, 7) is 2.26. The van der Waals surface area contributed by atoms with Crippen LogP contribution in [0.1, 0.15) is 31.7 Å². The van der Waals surface area contributed by atoms with Crippen LogP contribution in [0, 0.1) is 5.92 Å². The number of rotatable bonds is 11. The predicted molar refractivity (Wildman–Crippen MR) is 103 cm³/mol. The molecule has 1 aromatic rings. The van der Waals surface area contributed by atoms with E-state index in [9.17, 15) is 14.4 Å². The van der Waals surface area contributed by atoms with Crippen LogP contribution in [0.5, 0.6) is 0 Å². The van der Waals surface area contributed by atoms with Gasteiger partial charge in [0.15, 0.2) is 0 Å². The summed E-state index contributed by atoms with van der Waals surface area (Å²) in [6.07, 6.45) is 1.36. The molecule has 0 aliphatic heterocycles. The van der Waals surface area contributed by atoms with E-state index in [0.717, 1.165) is 5.56 Å². The van der Waals surface area contributed by atoms with E-state index in [0.29, 0.717) is 31.5 Å². The molecule has 1 rings (SSSR count). The molecule has 0 saturated heterocycles. The van der Waals surface area contributed by atoms with Crippen molar-refractivity contribution in [2.24, 2.45) is 17.4 Å². The van der Waals surface area contributed by atoms with Gasteiger partial charge in [0.25, 0.3) is 0 Å². The summed E-state index contributed by atoms with van der Waals surface area (Å²) < 4.78 is 0. The molecule has 4 amide bonds. The maximum atomic E-state index is 12.6. The molecule has 0 aromatic heterocycles. The Morgan fingerprint density at radius 1 is 1.15 bits per heavy atom. The highest BCUT2D eigenvalue weighted by Gasteiger charge is 2.24. The number of hydrogen-bond acceptors (Lipinski definition) is 5. The summed E-state index contributed by atoms with van der Waals surface area (Å²) >= 11 is 0. The van der Waals surface area contributed by atoms with E-state index < -0.39 is 12.1 Å². The number of carbonyl (C=O) groups excluding carboxylic acids is 3. The maximum Gasteiger partial charge on any atom is 0.312 e. The lowest BCUT2D eigenvalue weighted by Crippen LogP contribution is -2.47. The second-order valence-electron chi connectivity index (χ2n) is 6.18. The molecule has 27 heavy (non-hydrogen) atoms. The molecule has 0 bridgehead atoms. The van der Waals surface area contributed by atoms with Gasteiger partial charge in [-0.2, -0.15) is 0 Å². The van der Waals surface area contributed by atoms with Gasteiger partial charge in [-0.1, -0.05) is 19.1 Å². The third kappa shape index (κ3) is 8.06. The Morgan fingerprint density at radius 2 is 1.81 bits per heavy atom. The van der Waals surface area contributed by atoms with E-state index >= 15 is 0 Å². The fourth-order valence-electron chi connectivity index (χ4n) is 2.46. The minimum Gasteiger partial charge on any atom is -0.392 e. The van der Waals surface area contributed by atoms with Crippen LogP contribution in [0.2, 0.25) is 0 Å². The number of amides is 4. The summed E-state index contributed by atoms with van der Waals surface area (Å²) in [5.74, 6) is -1.02. The van der Waals surface area contributed by atoms with Gasteiger partial charge >= 0.3 is 6.03 Å². The standard InChI is InChI=1S/C18H29N5O4/c1-2-13(10-19)16(25)23-15(4-3-9-21-18(20)27)17(26)22-14-7-5-12(11-24)6-8-14/h5-8,13,15,24H,2-4,9-11,19H2,1H3,(H,22,26)(H,23,25)(H3,20,21,27). The van der Waals surface area contributed by atoms with E-state index in [1.165, 1.54) is 0 Å². The van der Waals surface area contributed by atoms with Crippen molar-refractivity contribution in [2.45, 2.75) is 38.8 Å².